The molecule has 168 valence electrons. The highest BCUT2D eigenvalue weighted by atomic mass is 32.1. The van der Waals surface area contributed by atoms with Gasteiger partial charge in [0.2, 0.25) is 0 Å². The summed E-state index contributed by atoms with van der Waals surface area (Å²) < 4.78 is 5.47. The van der Waals surface area contributed by atoms with E-state index in [4.69, 9.17) is 17.0 Å². The largest absolute Gasteiger partial charge is 0.379 e. The number of para-hydroxylation sites is 1. The third-order valence-corrected chi connectivity index (χ3v) is 6.23. The highest BCUT2D eigenvalue weighted by Crippen LogP contribution is 2.23. The topological polar surface area (TPSA) is 27.7 Å². The minimum atomic E-state index is 0.165. The van der Waals surface area contributed by atoms with E-state index in [1.165, 1.54) is 16.7 Å². The van der Waals surface area contributed by atoms with Crippen molar-refractivity contribution in [1.82, 2.24) is 9.80 Å². The maximum absolute atomic E-state index is 5.85. The van der Waals surface area contributed by atoms with Crippen LogP contribution in [0.3, 0.4) is 0 Å². The molecule has 4 nitrogen and oxygen atoms in total. The lowest BCUT2D eigenvalue weighted by molar-refractivity contribution is 0.0368. The Morgan fingerprint density at radius 2 is 1.74 bits per heavy atom. The van der Waals surface area contributed by atoms with Crippen molar-refractivity contribution in [1.29, 1.82) is 0 Å². The lowest BCUT2D eigenvalue weighted by atomic mass is 9.87. The lowest BCUT2D eigenvalue weighted by Gasteiger charge is -2.30. The molecule has 0 atom stereocenters. The van der Waals surface area contributed by atoms with Gasteiger partial charge in [-0.05, 0) is 53.7 Å². The second-order valence-corrected chi connectivity index (χ2v) is 9.81. The van der Waals surface area contributed by atoms with Crippen molar-refractivity contribution in [3.63, 3.8) is 0 Å². The molecule has 0 unspecified atom stereocenters. The molecule has 0 saturated carbocycles. The Hall–Kier alpha value is -1.95. The van der Waals surface area contributed by atoms with Gasteiger partial charge in [0, 0.05) is 38.4 Å². The van der Waals surface area contributed by atoms with E-state index in [1.807, 2.05) is 6.07 Å². The van der Waals surface area contributed by atoms with Crippen molar-refractivity contribution in [2.24, 2.45) is 0 Å². The van der Waals surface area contributed by atoms with Crippen molar-refractivity contribution in [3.05, 3.63) is 65.2 Å². The van der Waals surface area contributed by atoms with Gasteiger partial charge in [0.25, 0.3) is 0 Å². The van der Waals surface area contributed by atoms with Crippen LogP contribution in [0.4, 0.5) is 5.69 Å². The van der Waals surface area contributed by atoms with Crippen LogP contribution in [0.25, 0.3) is 0 Å². The van der Waals surface area contributed by atoms with Crippen molar-refractivity contribution in [2.45, 2.75) is 46.1 Å². The van der Waals surface area contributed by atoms with Crippen LogP contribution in [-0.2, 0) is 16.7 Å². The number of morpholine rings is 1. The van der Waals surface area contributed by atoms with Crippen LogP contribution in [0.1, 0.15) is 43.9 Å². The van der Waals surface area contributed by atoms with Gasteiger partial charge in [0.1, 0.15) is 0 Å². The Morgan fingerprint density at radius 1 is 1.06 bits per heavy atom. The average Bonchev–Trinajstić information content (AvgIpc) is 2.75. The number of hydrogen-bond donors (Lipinski definition) is 1. The first kappa shape index (κ1) is 23.7. The van der Waals surface area contributed by atoms with Crippen LogP contribution in [-0.4, -0.2) is 54.3 Å². The third-order valence-electron chi connectivity index (χ3n) is 5.87. The van der Waals surface area contributed by atoms with E-state index in [-0.39, 0.29) is 5.41 Å². The summed E-state index contributed by atoms with van der Waals surface area (Å²) in [5.74, 6) is 0. The van der Waals surface area contributed by atoms with Gasteiger partial charge in [-0.25, -0.2) is 0 Å². The van der Waals surface area contributed by atoms with E-state index in [1.54, 1.807) is 0 Å². The van der Waals surface area contributed by atoms with Crippen LogP contribution >= 0.6 is 12.2 Å². The molecule has 0 aliphatic carbocycles. The Bertz CT molecular complexity index is 838. The molecule has 0 bridgehead atoms. The number of ether oxygens (including phenoxy) is 1. The first-order valence-corrected chi connectivity index (χ1v) is 11.7. The highest BCUT2D eigenvalue weighted by Gasteiger charge is 2.16. The molecule has 1 aliphatic heterocycles. The second-order valence-electron chi connectivity index (χ2n) is 9.42. The van der Waals surface area contributed by atoms with Crippen molar-refractivity contribution in [2.75, 3.05) is 44.7 Å². The van der Waals surface area contributed by atoms with Gasteiger partial charge in [-0.15, -0.1) is 0 Å². The molecule has 1 aliphatic rings. The quantitative estimate of drug-likeness (QED) is 0.598. The molecule has 2 aromatic carbocycles. The van der Waals surface area contributed by atoms with Gasteiger partial charge in [0.15, 0.2) is 5.11 Å². The summed E-state index contributed by atoms with van der Waals surface area (Å²) in [5, 5.41) is 4.27. The van der Waals surface area contributed by atoms with E-state index < -0.39 is 0 Å². The second kappa shape index (κ2) is 11.1. The summed E-state index contributed by atoms with van der Waals surface area (Å²) in [4.78, 5) is 4.78. The first-order chi connectivity index (χ1) is 14.8. The smallest absolute Gasteiger partial charge is 0.173 e. The number of hydrogen-bond acceptors (Lipinski definition) is 3. The van der Waals surface area contributed by atoms with Gasteiger partial charge < -0.3 is 15.0 Å². The summed E-state index contributed by atoms with van der Waals surface area (Å²) in [6.07, 6.45) is 1.08. The predicted molar refractivity (Wildman–Crippen MR) is 135 cm³/mol. The Kier molecular flexibility index (Phi) is 8.47. The Morgan fingerprint density at radius 3 is 2.39 bits per heavy atom. The number of anilines is 1. The molecule has 2 aromatic rings. The van der Waals surface area contributed by atoms with Crippen molar-refractivity contribution in [3.8, 4) is 0 Å². The van der Waals surface area contributed by atoms with Gasteiger partial charge >= 0.3 is 0 Å². The summed E-state index contributed by atoms with van der Waals surface area (Å²) in [5.41, 5.74) is 5.09. The average molecular weight is 440 g/mol. The summed E-state index contributed by atoms with van der Waals surface area (Å²) >= 11 is 5.85. The standard InChI is InChI=1S/C26H37N3OS/c1-21-8-5-6-9-24(21)27-25(31)29(15-7-14-28-16-18-30-19-17-28)20-22-10-12-23(13-11-22)26(2,3)4/h5-6,8-13H,7,14-20H2,1-4H3,(H,27,31). The van der Waals surface area contributed by atoms with Crippen LogP contribution in [0, 0.1) is 6.92 Å². The predicted octanol–water partition coefficient (Wildman–Crippen LogP) is 5.21. The van der Waals surface area contributed by atoms with Gasteiger partial charge in [-0.2, -0.15) is 0 Å². The number of rotatable bonds is 7. The number of benzene rings is 2. The molecular weight excluding hydrogens is 402 g/mol. The molecule has 31 heavy (non-hydrogen) atoms. The molecule has 0 spiro atoms. The number of nitrogens with one attached hydrogen (secondary N) is 1. The Labute approximate surface area is 193 Å². The van der Waals surface area contributed by atoms with E-state index in [2.05, 4.69) is 85.3 Å². The molecule has 1 heterocycles. The zero-order chi connectivity index (χ0) is 22.3. The third kappa shape index (κ3) is 7.30. The first-order valence-electron chi connectivity index (χ1n) is 11.3. The normalized spacial score (nSPS) is 15.0. The number of thiocarbonyl (C=S) groups is 1. The maximum Gasteiger partial charge on any atom is 0.173 e. The molecule has 0 aromatic heterocycles. The summed E-state index contributed by atoms with van der Waals surface area (Å²) in [6, 6.07) is 17.3. The van der Waals surface area contributed by atoms with Crippen LogP contribution in [0.5, 0.6) is 0 Å². The molecule has 1 fully saturated rings. The fraction of sp³-hybridized carbons (Fsp3) is 0.500. The number of nitrogens with zero attached hydrogens (tertiary/aromatic N) is 2. The van der Waals surface area contributed by atoms with E-state index in [0.717, 1.165) is 63.2 Å². The van der Waals surface area contributed by atoms with E-state index in [0.29, 0.717) is 0 Å². The van der Waals surface area contributed by atoms with Gasteiger partial charge in [0.05, 0.1) is 13.2 Å². The molecule has 3 rings (SSSR count). The summed E-state index contributed by atoms with van der Waals surface area (Å²) in [6.45, 7) is 15.4. The zero-order valence-electron chi connectivity index (χ0n) is 19.5. The highest BCUT2D eigenvalue weighted by molar-refractivity contribution is 7.80. The molecule has 0 amide bonds. The molecule has 0 radical (unpaired) electrons. The zero-order valence-corrected chi connectivity index (χ0v) is 20.3. The van der Waals surface area contributed by atoms with Crippen molar-refractivity contribution < 1.29 is 4.74 Å². The van der Waals surface area contributed by atoms with E-state index >= 15 is 0 Å². The minimum Gasteiger partial charge on any atom is -0.379 e. The van der Waals surface area contributed by atoms with Gasteiger partial charge in [-0.3, -0.25) is 4.90 Å². The molecule has 5 heteroatoms. The maximum atomic E-state index is 5.85. The summed E-state index contributed by atoms with van der Waals surface area (Å²) in [7, 11) is 0. The van der Waals surface area contributed by atoms with E-state index in [9.17, 15) is 0 Å². The molecule has 1 saturated heterocycles. The SMILES string of the molecule is Cc1ccccc1NC(=S)N(CCCN1CCOCC1)Cc1ccc(C(C)(C)C)cc1. The van der Waals surface area contributed by atoms with Crippen molar-refractivity contribution >= 4 is 23.0 Å². The fourth-order valence-corrected chi connectivity index (χ4v) is 4.07. The Balaban J connectivity index is 1.66. The monoisotopic (exact) mass is 439 g/mol. The van der Waals surface area contributed by atoms with Gasteiger partial charge in [-0.1, -0.05) is 63.2 Å². The molecule has 1 N–H and O–H groups in total. The van der Waals surface area contributed by atoms with Crippen LogP contribution in [0.15, 0.2) is 48.5 Å². The fourth-order valence-electron chi connectivity index (χ4n) is 3.80. The minimum absolute atomic E-state index is 0.165. The molecular formula is C26H37N3OS. The number of aryl methyl sites for hydroxylation is 1. The lowest BCUT2D eigenvalue weighted by Crippen LogP contribution is -2.40. The van der Waals surface area contributed by atoms with Crippen LogP contribution in [0.2, 0.25) is 0 Å². The van der Waals surface area contributed by atoms with Crippen LogP contribution < -0.4 is 5.32 Å².